The maximum Gasteiger partial charge on any atom is 0.271 e. The fourth-order valence-corrected chi connectivity index (χ4v) is 2.23. The molecule has 2 aromatic carbocycles. The second-order valence-electron chi connectivity index (χ2n) is 4.61. The van der Waals surface area contributed by atoms with E-state index in [2.05, 4.69) is 26.5 Å². The fourth-order valence-electron chi connectivity index (χ4n) is 1.78. The molecule has 0 radical (unpaired) electrons. The molecule has 1 amide bonds. The van der Waals surface area contributed by atoms with Crippen molar-refractivity contribution in [3.63, 3.8) is 0 Å². The third kappa shape index (κ3) is 3.85. The maximum absolute atomic E-state index is 11.9. The van der Waals surface area contributed by atoms with E-state index in [1.54, 1.807) is 24.3 Å². The van der Waals surface area contributed by atoms with Gasteiger partial charge in [-0.1, -0.05) is 33.6 Å². The lowest BCUT2D eigenvalue weighted by molar-refractivity contribution is 0.0955. The first-order chi connectivity index (χ1) is 10.5. The highest BCUT2D eigenvalue weighted by atomic mass is 79.9. The number of hydrogen-bond acceptors (Lipinski definition) is 4. The van der Waals surface area contributed by atoms with Gasteiger partial charge >= 0.3 is 0 Å². The smallest absolute Gasteiger partial charge is 0.271 e. The number of phenols is 1. The van der Waals surface area contributed by atoms with Gasteiger partial charge in [0.05, 0.1) is 13.3 Å². The summed E-state index contributed by atoms with van der Waals surface area (Å²) in [5.41, 5.74) is 4.43. The van der Waals surface area contributed by atoms with Crippen molar-refractivity contribution in [2.45, 2.75) is 6.92 Å². The number of hydrazone groups is 1. The molecule has 0 saturated carbocycles. The molecule has 5 nitrogen and oxygen atoms in total. The number of phenolic OH excluding ortho intramolecular Hbond substituents is 1. The zero-order valence-electron chi connectivity index (χ0n) is 12.1. The predicted molar refractivity (Wildman–Crippen MR) is 88.6 cm³/mol. The van der Waals surface area contributed by atoms with Gasteiger partial charge in [0.2, 0.25) is 0 Å². The largest absolute Gasteiger partial charge is 0.504 e. The van der Waals surface area contributed by atoms with Crippen molar-refractivity contribution in [3.8, 4) is 11.5 Å². The molecule has 0 unspecified atom stereocenters. The van der Waals surface area contributed by atoms with Crippen LogP contribution in [0.2, 0.25) is 0 Å². The number of carbonyl (C=O) groups is 1. The molecule has 0 saturated heterocycles. The minimum absolute atomic E-state index is 0.0426. The molecule has 0 aliphatic rings. The van der Waals surface area contributed by atoms with E-state index in [-0.39, 0.29) is 11.7 Å². The Hall–Kier alpha value is -2.34. The van der Waals surface area contributed by atoms with E-state index in [9.17, 15) is 9.90 Å². The lowest BCUT2D eigenvalue weighted by atomic mass is 10.1. The van der Waals surface area contributed by atoms with Crippen LogP contribution in [-0.2, 0) is 0 Å². The lowest BCUT2D eigenvalue weighted by Crippen LogP contribution is -2.17. The molecular weight excluding hydrogens is 348 g/mol. The topological polar surface area (TPSA) is 70.9 Å². The van der Waals surface area contributed by atoms with Gasteiger partial charge in [-0.3, -0.25) is 4.79 Å². The third-order valence-electron chi connectivity index (χ3n) is 2.97. The first kappa shape index (κ1) is 16.0. The quantitative estimate of drug-likeness (QED) is 0.647. The third-order valence-corrected chi connectivity index (χ3v) is 3.43. The monoisotopic (exact) mass is 362 g/mol. The minimum Gasteiger partial charge on any atom is -0.504 e. The summed E-state index contributed by atoms with van der Waals surface area (Å²) in [5.74, 6) is -0.0441. The van der Waals surface area contributed by atoms with Gasteiger partial charge < -0.3 is 9.84 Å². The number of nitrogens with one attached hydrogen (secondary N) is 1. The standard InChI is InChI=1S/C16H15BrN2O3/c1-10-3-5-11(6-4-10)16(21)19-18-9-12-7-13(17)8-14(22-2)15(12)20/h3-9,20H,1-2H3,(H,19,21)/b18-9-. The van der Waals surface area contributed by atoms with E-state index >= 15 is 0 Å². The van der Waals surface area contributed by atoms with Crippen LogP contribution in [0.25, 0.3) is 0 Å². The average Bonchev–Trinajstić information content (AvgIpc) is 2.50. The Morgan fingerprint density at radius 3 is 2.64 bits per heavy atom. The van der Waals surface area contributed by atoms with Gasteiger partial charge in [0.25, 0.3) is 5.91 Å². The summed E-state index contributed by atoms with van der Waals surface area (Å²) in [6, 6.07) is 10.4. The van der Waals surface area contributed by atoms with Crippen molar-refractivity contribution in [2.24, 2.45) is 5.10 Å². The molecule has 0 bridgehead atoms. The van der Waals surface area contributed by atoms with E-state index in [4.69, 9.17) is 4.74 Å². The first-order valence-corrected chi connectivity index (χ1v) is 7.27. The van der Waals surface area contributed by atoms with E-state index in [0.717, 1.165) is 10.0 Å². The number of rotatable bonds is 4. The Bertz CT molecular complexity index is 712. The van der Waals surface area contributed by atoms with Crippen LogP contribution in [0.5, 0.6) is 11.5 Å². The van der Waals surface area contributed by atoms with Crippen LogP contribution in [0.1, 0.15) is 21.5 Å². The highest BCUT2D eigenvalue weighted by molar-refractivity contribution is 9.10. The minimum atomic E-state index is -0.322. The van der Waals surface area contributed by atoms with Gasteiger partial charge in [0, 0.05) is 15.6 Å². The van der Waals surface area contributed by atoms with Gasteiger partial charge in [-0.15, -0.1) is 0 Å². The molecule has 0 aliphatic carbocycles. The molecule has 0 heterocycles. The van der Waals surface area contributed by atoms with Gasteiger partial charge in [-0.25, -0.2) is 5.43 Å². The average molecular weight is 363 g/mol. The van der Waals surface area contributed by atoms with Crippen LogP contribution >= 0.6 is 15.9 Å². The summed E-state index contributed by atoms with van der Waals surface area (Å²) in [6.45, 7) is 1.95. The van der Waals surface area contributed by atoms with Gasteiger partial charge in [0.1, 0.15) is 0 Å². The van der Waals surface area contributed by atoms with Crippen LogP contribution < -0.4 is 10.2 Å². The van der Waals surface area contributed by atoms with Crippen molar-refractivity contribution < 1.29 is 14.6 Å². The van der Waals surface area contributed by atoms with Crippen molar-refractivity contribution in [2.75, 3.05) is 7.11 Å². The number of hydrogen-bond donors (Lipinski definition) is 2. The Kier molecular flexibility index (Phi) is 5.16. The van der Waals surface area contributed by atoms with Gasteiger partial charge in [-0.05, 0) is 31.2 Å². The van der Waals surface area contributed by atoms with Crippen LogP contribution in [0.4, 0.5) is 0 Å². The highest BCUT2D eigenvalue weighted by Gasteiger charge is 2.08. The summed E-state index contributed by atoms with van der Waals surface area (Å²) >= 11 is 3.31. The van der Waals surface area contributed by atoms with Gasteiger partial charge in [-0.2, -0.15) is 5.10 Å². The number of carbonyl (C=O) groups excluding carboxylic acids is 1. The molecule has 114 valence electrons. The van der Waals surface area contributed by atoms with Crippen LogP contribution in [-0.4, -0.2) is 24.3 Å². The Morgan fingerprint density at radius 1 is 1.32 bits per heavy atom. The molecule has 0 aromatic heterocycles. The summed E-state index contributed by atoms with van der Waals surface area (Å²) in [5, 5.41) is 13.8. The molecule has 2 N–H and O–H groups in total. The van der Waals surface area contributed by atoms with Crippen LogP contribution in [0, 0.1) is 6.92 Å². The molecule has 2 aromatic rings. The number of methoxy groups -OCH3 is 1. The summed E-state index contributed by atoms with van der Waals surface area (Å²) < 4.78 is 5.78. The second-order valence-corrected chi connectivity index (χ2v) is 5.53. The molecule has 6 heteroatoms. The predicted octanol–water partition coefficient (Wildman–Crippen LogP) is 3.24. The molecular formula is C16H15BrN2O3. The molecule has 0 fully saturated rings. The molecule has 0 aliphatic heterocycles. The van der Waals surface area contributed by atoms with Crippen molar-refractivity contribution in [1.82, 2.24) is 5.43 Å². The van der Waals surface area contributed by atoms with Crippen molar-refractivity contribution >= 4 is 28.1 Å². The number of nitrogens with zero attached hydrogens (tertiary/aromatic N) is 1. The first-order valence-electron chi connectivity index (χ1n) is 6.48. The number of aromatic hydroxyl groups is 1. The van der Waals surface area contributed by atoms with E-state index in [1.165, 1.54) is 13.3 Å². The molecule has 22 heavy (non-hydrogen) atoms. The Balaban J connectivity index is 2.11. The second kappa shape index (κ2) is 7.09. The zero-order chi connectivity index (χ0) is 16.1. The van der Waals surface area contributed by atoms with E-state index < -0.39 is 0 Å². The van der Waals surface area contributed by atoms with Crippen LogP contribution in [0.3, 0.4) is 0 Å². The maximum atomic E-state index is 11.9. The highest BCUT2D eigenvalue weighted by Crippen LogP contribution is 2.32. The number of ether oxygens (including phenoxy) is 1. The Morgan fingerprint density at radius 2 is 2.00 bits per heavy atom. The molecule has 2 rings (SSSR count). The van der Waals surface area contributed by atoms with Crippen LogP contribution in [0.15, 0.2) is 46.0 Å². The molecule has 0 atom stereocenters. The summed E-state index contributed by atoms with van der Waals surface area (Å²) in [4.78, 5) is 11.9. The van der Waals surface area contributed by atoms with E-state index in [1.807, 2.05) is 19.1 Å². The molecule has 0 spiro atoms. The van der Waals surface area contributed by atoms with Crippen molar-refractivity contribution in [3.05, 3.63) is 57.6 Å². The van der Waals surface area contributed by atoms with Crippen molar-refractivity contribution in [1.29, 1.82) is 0 Å². The fraction of sp³-hybridized carbons (Fsp3) is 0.125. The summed E-state index contributed by atoms with van der Waals surface area (Å²) in [6.07, 6.45) is 1.36. The SMILES string of the molecule is COc1cc(Br)cc(/C=N\NC(=O)c2ccc(C)cc2)c1O. The number of amides is 1. The number of halogens is 1. The Labute approximate surface area is 136 Å². The normalized spacial score (nSPS) is 10.7. The summed E-state index contributed by atoms with van der Waals surface area (Å²) in [7, 11) is 1.46. The number of aryl methyl sites for hydroxylation is 1. The van der Waals surface area contributed by atoms with Gasteiger partial charge in [0.15, 0.2) is 11.5 Å². The zero-order valence-corrected chi connectivity index (χ0v) is 13.7. The number of benzene rings is 2. The lowest BCUT2D eigenvalue weighted by Gasteiger charge is -2.06. The van der Waals surface area contributed by atoms with E-state index in [0.29, 0.717) is 16.9 Å².